The topological polar surface area (TPSA) is 139 Å². The van der Waals surface area contributed by atoms with Crippen LogP contribution >= 0.6 is 0 Å². The Bertz CT molecular complexity index is 1520. The summed E-state index contributed by atoms with van der Waals surface area (Å²) in [6, 6.07) is 10.6. The molecule has 1 heterocycles. The first-order valence-electron chi connectivity index (χ1n) is 18.5. The molecule has 10 heteroatoms. The fourth-order valence-corrected chi connectivity index (χ4v) is 11.2. The van der Waals surface area contributed by atoms with Crippen molar-refractivity contribution in [1.82, 2.24) is 10.4 Å². The van der Waals surface area contributed by atoms with Crippen molar-refractivity contribution in [2.24, 2.45) is 52.2 Å². The van der Waals surface area contributed by atoms with E-state index in [9.17, 15) is 14.4 Å². The molecule has 1 aromatic carbocycles. The zero-order valence-corrected chi connectivity index (χ0v) is 30.3. The van der Waals surface area contributed by atoms with Crippen LogP contribution in [0.1, 0.15) is 118 Å². The molecule has 0 bridgehead atoms. The predicted molar refractivity (Wildman–Crippen MR) is 187 cm³/mol. The van der Waals surface area contributed by atoms with Crippen molar-refractivity contribution in [2.75, 3.05) is 14.2 Å². The Labute approximate surface area is 296 Å². The summed E-state index contributed by atoms with van der Waals surface area (Å²) in [5.74, 6) is 7.08. The van der Waals surface area contributed by atoms with E-state index in [2.05, 4.69) is 31.2 Å². The number of nitrogens with one attached hydrogen (secondary N) is 1. The molecule has 10 nitrogen and oxygen atoms in total. The Morgan fingerprint density at radius 1 is 0.880 bits per heavy atom. The summed E-state index contributed by atoms with van der Waals surface area (Å²) in [5, 5.41) is 0. The van der Waals surface area contributed by atoms with E-state index in [1.165, 1.54) is 6.42 Å². The molecule has 0 aliphatic heterocycles. The number of fused-ring (bicyclic) bond motifs is 5. The molecule has 272 valence electrons. The second-order valence-electron chi connectivity index (χ2n) is 15.9. The highest BCUT2D eigenvalue weighted by Gasteiger charge is 2.63. The lowest BCUT2D eigenvalue weighted by atomic mass is 9.43. The van der Waals surface area contributed by atoms with Crippen molar-refractivity contribution in [3.8, 4) is 0 Å². The molecule has 0 unspecified atom stereocenters. The molecule has 0 spiro atoms. The van der Waals surface area contributed by atoms with Gasteiger partial charge in [-0.15, -0.1) is 0 Å². The molecule has 10 atom stereocenters. The van der Waals surface area contributed by atoms with Crippen molar-refractivity contribution in [2.45, 2.75) is 103 Å². The van der Waals surface area contributed by atoms with Crippen LogP contribution in [-0.2, 0) is 23.7 Å². The van der Waals surface area contributed by atoms with E-state index in [0.717, 1.165) is 50.5 Å². The van der Waals surface area contributed by atoms with Crippen molar-refractivity contribution in [3.63, 3.8) is 0 Å². The average molecular weight is 690 g/mol. The maximum absolute atomic E-state index is 13.6. The fraction of sp³-hybridized carbons (Fsp3) is 0.650. The van der Waals surface area contributed by atoms with E-state index in [-0.39, 0.29) is 46.8 Å². The van der Waals surface area contributed by atoms with Gasteiger partial charge in [0.15, 0.2) is 6.29 Å². The van der Waals surface area contributed by atoms with Crippen LogP contribution in [-0.4, -0.2) is 49.3 Å². The number of aromatic nitrogens is 1. The number of nitrogens with zero attached hydrogens (tertiary/aromatic N) is 1. The Kier molecular flexibility index (Phi) is 11.0. The average Bonchev–Trinajstić information content (AvgIpc) is 3.49. The van der Waals surface area contributed by atoms with E-state index in [0.29, 0.717) is 53.6 Å². The lowest BCUT2D eigenvalue weighted by Gasteiger charge is -2.62. The molecule has 6 rings (SSSR count). The first-order valence-corrected chi connectivity index (χ1v) is 18.5. The molecule has 4 fully saturated rings. The Balaban J connectivity index is 1.23. The van der Waals surface area contributed by atoms with Gasteiger partial charge in [0.05, 0.1) is 11.1 Å². The van der Waals surface area contributed by atoms with Gasteiger partial charge in [-0.1, -0.05) is 32.9 Å². The molecule has 0 radical (unpaired) electrons. The van der Waals surface area contributed by atoms with Gasteiger partial charge in [0.1, 0.15) is 12.2 Å². The lowest BCUT2D eigenvalue weighted by Crippen LogP contribution is -2.59. The maximum Gasteiger partial charge on any atom is 0.338 e. The molecule has 4 aliphatic carbocycles. The molecule has 0 saturated heterocycles. The molecule has 4 aliphatic rings. The first kappa shape index (κ1) is 36.5. The number of benzene rings is 1. The maximum atomic E-state index is 13.6. The number of hydrogen-bond donors (Lipinski definition) is 2. The van der Waals surface area contributed by atoms with Gasteiger partial charge in [-0.3, -0.25) is 15.2 Å². The van der Waals surface area contributed by atoms with Crippen LogP contribution < -0.4 is 11.3 Å². The third kappa shape index (κ3) is 6.95. The van der Waals surface area contributed by atoms with Crippen molar-refractivity contribution in [1.29, 1.82) is 0 Å². The molecular formula is C40H55N3O7. The highest BCUT2D eigenvalue weighted by atomic mass is 16.7. The van der Waals surface area contributed by atoms with Crippen LogP contribution in [0, 0.1) is 46.3 Å². The standard InChI is InChI=1S/C40H55N3O7/c1-24(9-12-35(44)43-41)30-10-11-31-29-23-34(50-36(45)25-15-19-42-20-16-25)33-22-28(13-17-40(33,3)32(29)14-18-39(30,31)2)49-37(46)26-7-6-8-27(21-26)38(47-4)48-5/h6-8,15-16,19-21,24,28-34,38H,9-14,17-18,22-23,41H2,1-5H3,(H,43,44)/t24-,28-,29+,30-,31+,32+,33+,34+,39-,40-/m1/s1. The normalized spacial score (nSPS) is 33.8. The largest absolute Gasteiger partial charge is 0.459 e. The molecule has 2 aromatic rings. The van der Waals surface area contributed by atoms with Gasteiger partial charge >= 0.3 is 11.9 Å². The number of hydrazine groups is 1. The second-order valence-corrected chi connectivity index (χ2v) is 15.9. The number of carbonyl (C=O) groups excluding carboxylic acids is 3. The van der Waals surface area contributed by atoms with E-state index >= 15 is 0 Å². The minimum atomic E-state index is -0.572. The lowest BCUT2D eigenvalue weighted by molar-refractivity contribution is -0.174. The van der Waals surface area contributed by atoms with Crippen LogP contribution in [0.5, 0.6) is 0 Å². The highest BCUT2D eigenvalue weighted by molar-refractivity contribution is 5.90. The Hall–Kier alpha value is -3.34. The van der Waals surface area contributed by atoms with Crippen LogP contribution in [0.15, 0.2) is 48.8 Å². The highest BCUT2D eigenvalue weighted by Crippen LogP contribution is 2.68. The Morgan fingerprint density at radius 2 is 1.58 bits per heavy atom. The van der Waals surface area contributed by atoms with Crippen LogP contribution in [0.4, 0.5) is 0 Å². The summed E-state index contributed by atoms with van der Waals surface area (Å²) in [6.45, 7) is 7.21. The number of pyridine rings is 1. The van der Waals surface area contributed by atoms with Gasteiger partial charge in [-0.05, 0) is 122 Å². The van der Waals surface area contributed by atoms with Crippen molar-refractivity contribution >= 4 is 17.8 Å². The zero-order valence-electron chi connectivity index (χ0n) is 30.3. The summed E-state index contributed by atoms with van der Waals surface area (Å²) in [6.07, 6.45) is 11.2. The first-order chi connectivity index (χ1) is 24.0. The van der Waals surface area contributed by atoms with Crippen LogP contribution in [0.3, 0.4) is 0 Å². The third-order valence-corrected chi connectivity index (χ3v) is 13.6. The zero-order chi connectivity index (χ0) is 35.6. The van der Waals surface area contributed by atoms with Crippen LogP contribution in [0.2, 0.25) is 0 Å². The number of ether oxygens (including phenoxy) is 4. The number of hydrogen-bond acceptors (Lipinski definition) is 9. The van der Waals surface area contributed by atoms with Gasteiger partial charge in [0.2, 0.25) is 5.91 Å². The van der Waals surface area contributed by atoms with E-state index in [1.807, 2.05) is 12.1 Å². The quantitative estimate of drug-likeness (QED) is 0.0858. The fourth-order valence-electron chi connectivity index (χ4n) is 11.2. The van der Waals surface area contributed by atoms with Gasteiger partial charge in [0, 0.05) is 44.5 Å². The van der Waals surface area contributed by atoms with E-state index in [4.69, 9.17) is 24.8 Å². The number of carbonyl (C=O) groups is 3. The molecule has 1 amide bonds. The molecular weight excluding hydrogens is 634 g/mol. The Morgan fingerprint density at radius 3 is 2.30 bits per heavy atom. The second kappa shape index (κ2) is 15.1. The van der Waals surface area contributed by atoms with Gasteiger partial charge in [-0.2, -0.15) is 0 Å². The van der Waals surface area contributed by atoms with Crippen LogP contribution in [0.25, 0.3) is 0 Å². The van der Waals surface area contributed by atoms with E-state index in [1.54, 1.807) is 50.9 Å². The summed E-state index contributed by atoms with van der Waals surface area (Å²) in [4.78, 5) is 43.2. The molecule has 3 N–H and O–H groups in total. The number of esters is 2. The predicted octanol–water partition coefficient (Wildman–Crippen LogP) is 6.80. The molecule has 4 saturated carbocycles. The summed E-state index contributed by atoms with van der Waals surface area (Å²) in [5.41, 5.74) is 4.11. The number of rotatable bonds is 11. The SMILES string of the molecule is COC(OC)c1cccc(C(=O)O[C@@H]2CC[C@]3(C)[C@H]4CC[C@]5(C)[C@@H]([C@H](C)CCC(=O)NN)CC[C@H]5[C@@H]4C[C@H](OC(=O)c4ccncc4)[C@@H]3C2)c1. The van der Waals surface area contributed by atoms with Gasteiger partial charge < -0.3 is 18.9 Å². The number of nitrogens with two attached hydrogens (primary N) is 1. The summed E-state index contributed by atoms with van der Waals surface area (Å²) < 4.78 is 23.5. The smallest absolute Gasteiger partial charge is 0.338 e. The monoisotopic (exact) mass is 689 g/mol. The van der Waals surface area contributed by atoms with Crippen molar-refractivity contribution < 1.29 is 33.3 Å². The number of amides is 1. The third-order valence-electron chi connectivity index (χ3n) is 13.6. The van der Waals surface area contributed by atoms with Gasteiger partial charge in [0.25, 0.3) is 0 Å². The number of methoxy groups -OCH3 is 2. The minimum absolute atomic E-state index is 0.0523. The van der Waals surface area contributed by atoms with E-state index < -0.39 is 6.29 Å². The molecule has 1 aromatic heterocycles. The van der Waals surface area contributed by atoms with Gasteiger partial charge in [-0.25, -0.2) is 15.4 Å². The van der Waals surface area contributed by atoms with Crippen molar-refractivity contribution in [3.05, 3.63) is 65.5 Å². The molecule has 50 heavy (non-hydrogen) atoms. The summed E-state index contributed by atoms with van der Waals surface area (Å²) in [7, 11) is 3.13. The summed E-state index contributed by atoms with van der Waals surface area (Å²) >= 11 is 0. The minimum Gasteiger partial charge on any atom is -0.459 e.